The zero-order valence-corrected chi connectivity index (χ0v) is 67.1. The standard InChI is InChI=1S/2C33H22.C31H24.C21H16/c1-21-23-10-2-8-16-30(23)33(31-17-9-3-11-24(21)31)22-18-19-29-27-14-5-4-12-25(27)26-13-6-7-15-28(26)32(29)20-22;1-21-26-9-4-6-12-29(26)33(30-13-7-5-10-27(21)30)25-19-16-23-15-18-24-17-14-22-8-2-3-11-28(22)32(24)31(23)20-25;1-19-20(2)26-17-16-22(18-30(26)27-13-7-4-10-23(19)27)31-28-14-8-5-11-24(28)21(3)25-12-6-9-15-29(25)31;1-15-17-11-5-7-13-19(17)21(16-9-3-2-4-10-16)20-14-8-6-12-18(15)20/h2*2-20H,1H3;4-18H,1-3H3;2-14H,1H3. The minimum Gasteiger partial charge on any atom is -0.0622 e. The zero-order valence-electron chi connectivity index (χ0n) is 67.1. The minimum absolute atomic E-state index is 1.27. The van der Waals surface area contributed by atoms with Gasteiger partial charge in [-0.15, -0.1) is 0 Å². The number of hydrogen-bond acceptors (Lipinski definition) is 0. The van der Waals surface area contributed by atoms with Crippen LogP contribution >= 0.6 is 0 Å². The van der Waals surface area contributed by atoms with Gasteiger partial charge in [-0.2, -0.15) is 0 Å². The predicted octanol–water partition coefficient (Wildman–Crippen LogP) is 33.7. The Kier molecular flexibility index (Phi) is 17.7. The van der Waals surface area contributed by atoms with Crippen LogP contribution in [-0.2, 0) is 0 Å². The third kappa shape index (κ3) is 11.8. The van der Waals surface area contributed by atoms with Crippen molar-refractivity contribution >= 4 is 172 Å². The van der Waals surface area contributed by atoms with Crippen LogP contribution < -0.4 is 0 Å². The average molecular weight is 1500 g/mol. The van der Waals surface area contributed by atoms with Gasteiger partial charge in [0, 0.05) is 0 Å². The smallest absolute Gasteiger partial charge is 0.00264 e. The van der Waals surface area contributed by atoms with Crippen LogP contribution in [0.2, 0.25) is 0 Å². The van der Waals surface area contributed by atoms with E-state index in [9.17, 15) is 0 Å². The fraction of sp³-hybridized carbons (Fsp3) is 0.0508. The van der Waals surface area contributed by atoms with E-state index in [4.69, 9.17) is 0 Å². The third-order valence-corrected chi connectivity index (χ3v) is 25.8. The Hall–Kier alpha value is -14.6. The molecule has 24 rings (SSSR count). The van der Waals surface area contributed by atoms with E-state index < -0.39 is 0 Å². The molecule has 0 spiro atoms. The van der Waals surface area contributed by atoms with Gasteiger partial charge >= 0.3 is 0 Å². The maximum Gasteiger partial charge on any atom is -0.00264 e. The molecule has 0 radical (unpaired) electrons. The minimum atomic E-state index is 1.27. The lowest BCUT2D eigenvalue weighted by molar-refractivity contribution is 1.41. The molecule has 0 amide bonds. The van der Waals surface area contributed by atoms with E-state index in [0.717, 1.165) is 0 Å². The Morgan fingerprint density at radius 3 is 0.653 bits per heavy atom. The van der Waals surface area contributed by atoms with Crippen LogP contribution in [0, 0.1) is 41.5 Å². The molecule has 0 bridgehead atoms. The Labute approximate surface area is 687 Å². The van der Waals surface area contributed by atoms with Gasteiger partial charge in [0.05, 0.1) is 0 Å². The van der Waals surface area contributed by atoms with Crippen LogP contribution in [0.3, 0.4) is 0 Å². The van der Waals surface area contributed by atoms with Crippen LogP contribution in [0.25, 0.3) is 217 Å². The highest BCUT2D eigenvalue weighted by molar-refractivity contribution is 6.28. The number of hydrogen-bond donors (Lipinski definition) is 0. The topological polar surface area (TPSA) is 0 Å². The maximum atomic E-state index is 2.41. The average Bonchev–Trinajstić information content (AvgIpc) is 0.738. The second-order valence-corrected chi connectivity index (χ2v) is 32.0. The van der Waals surface area contributed by atoms with E-state index in [2.05, 4.69) is 442 Å². The Morgan fingerprint density at radius 1 is 0.110 bits per heavy atom. The molecule has 0 aliphatic rings. The van der Waals surface area contributed by atoms with E-state index in [0.29, 0.717) is 0 Å². The molecule has 0 atom stereocenters. The number of aryl methyl sites for hydroxylation is 6. The van der Waals surface area contributed by atoms with Crippen molar-refractivity contribution < 1.29 is 0 Å². The van der Waals surface area contributed by atoms with Crippen molar-refractivity contribution in [1.82, 2.24) is 0 Å². The summed E-state index contributed by atoms with van der Waals surface area (Å²) in [6.07, 6.45) is 0. The van der Waals surface area contributed by atoms with Crippen molar-refractivity contribution in [3.05, 3.63) is 434 Å². The van der Waals surface area contributed by atoms with Gasteiger partial charge in [-0.1, -0.05) is 382 Å². The number of fused-ring (bicyclic) bond motifs is 22. The van der Waals surface area contributed by atoms with Crippen molar-refractivity contribution in [3.8, 4) is 44.5 Å². The summed E-state index contributed by atoms with van der Waals surface area (Å²) in [4.78, 5) is 0. The Morgan fingerprint density at radius 2 is 0.305 bits per heavy atom. The first-order valence-corrected chi connectivity index (χ1v) is 41.4. The summed E-state index contributed by atoms with van der Waals surface area (Å²) in [6, 6.07) is 146. The van der Waals surface area contributed by atoms with Crippen LogP contribution in [0.15, 0.2) is 400 Å². The maximum absolute atomic E-state index is 2.41. The first-order chi connectivity index (χ1) is 58.1. The van der Waals surface area contributed by atoms with Crippen LogP contribution in [0.4, 0.5) is 0 Å². The van der Waals surface area contributed by atoms with Crippen LogP contribution in [0.5, 0.6) is 0 Å². The lowest BCUT2D eigenvalue weighted by atomic mass is 9.86. The molecule has 0 fully saturated rings. The molecule has 0 unspecified atom stereocenters. The van der Waals surface area contributed by atoms with Crippen molar-refractivity contribution in [3.63, 3.8) is 0 Å². The van der Waals surface area contributed by atoms with Gasteiger partial charge in [0.2, 0.25) is 0 Å². The van der Waals surface area contributed by atoms with E-state index in [-0.39, 0.29) is 0 Å². The third-order valence-electron chi connectivity index (χ3n) is 25.8. The highest BCUT2D eigenvalue weighted by Gasteiger charge is 2.21. The molecule has 556 valence electrons. The summed E-state index contributed by atoms with van der Waals surface area (Å²) in [5, 5.41) is 42.3. The SMILES string of the molecule is Cc1c2ccccc2c(-c2ccc3c(C)c(C)c4ccccc4c3c2)c2ccccc12.Cc1c2ccccc2c(-c2ccc3c4ccccc4c4ccccc4c3c2)c2ccccc12.Cc1c2ccccc2c(-c2ccc3ccc4ccc5ccccc5c4c3c2)c2ccccc12.Cc1c2ccccc2c(-c2ccccc2)c2ccccc12. The van der Waals surface area contributed by atoms with Gasteiger partial charge in [0.1, 0.15) is 0 Å². The monoisotopic (exact) mass is 1500 g/mol. The molecule has 0 heteroatoms. The summed E-state index contributed by atoms with van der Waals surface area (Å²) in [7, 11) is 0. The normalized spacial score (nSPS) is 11.6. The van der Waals surface area contributed by atoms with Gasteiger partial charge in [-0.25, -0.2) is 0 Å². The molecule has 0 aliphatic heterocycles. The molecular formula is C118H84. The Bertz CT molecular complexity index is 7830. The number of benzene rings is 24. The van der Waals surface area contributed by atoms with Crippen molar-refractivity contribution in [1.29, 1.82) is 0 Å². The summed E-state index contributed by atoms with van der Waals surface area (Å²) in [6.45, 7) is 13.4. The second-order valence-electron chi connectivity index (χ2n) is 32.0. The molecule has 118 heavy (non-hydrogen) atoms. The Balaban J connectivity index is 0.0000000990. The van der Waals surface area contributed by atoms with E-state index in [1.165, 1.54) is 250 Å². The fourth-order valence-corrected chi connectivity index (χ4v) is 20.0. The van der Waals surface area contributed by atoms with E-state index in [1.807, 2.05) is 0 Å². The quantitative estimate of drug-likeness (QED) is 0.122. The summed E-state index contributed by atoms with van der Waals surface area (Å²) in [5.74, 6) is 0. The van der Waals surface area contributed by atoms with E-state index >= 15 is 0 Å². The van der Waals surface area contributed by atoms with Gasteiger partial charge in [0.25, 0.3) is 0 Å². The predicted molar refractivity (Wildman–Crippen MR) is 516 cm³/mol. The highest BCUT2D eigenvalue weighted by atomic mass is 14.2. The second kappa shape index (κ2) is 29.4. The first kappa shape index (κ1) is 71.2. The molecule has 0 saturated heterocycles. The van der Waals surface area contributed by atoms with Crippen LogP contribution in [-0.4, -0.2) is 0 Å². The largest absolute Gasteiger partial charge is 0.0622 e. The molecule has 0 aromatic heterocycles. The summed E-state index contributed by atoms with van der Waals surface area (Å²) < 4.78 is 0. The lowest BCUT2D eigenvalue weighted by Gasteiger charge is -2.17. The molecule has 0 saturated carbocycles. The molecule has 24 aromatic rings. The van der Waals surface area contributed by atoms with Crippen molar-refractivity contribution in [2.24, 2.45) is 0 Å². The molecule has 24 aromatic carbocycles. The zero-order chi connectivity index (χ0) is 79.2. The molecule has 0 heterocycles. The first-order valence-electron chi connectivity index (χ1n) is 41.4. The molecular weight excluding hydrogens is 1420 g/mol. The van der Waals surface area contributed by atoms with Crippen molar-refractivity contribution in [2.45, 2.75) is 41.5 Å². The van der Waals surface area contributed by atoms with Gasteiger partial charge in [-0.3, -0.25) is 0 Å². The molecule has 0 nitrogen and oxygen atoms in total. The van der Waals surface area contributed by atoms with Crippen LogP contribution in [0.1, 0.15) is 33.4 Å². The number of rotatable bonds is 4. The summed E-state index contributed by atoms with van der Waals surface area (Å²) >= 11 is 0. The van der Waals surface area contributed by atoms with Crippen molar-refractivity contribution in [2.75, 3.05) is 0 Å². The summed E-state index contributed by atoms with van der Waals surface area (Å²) in [5.41, 5.74) is 18.6. The highest BCUT2D eigenvalue weighted by Crippen LogP contribution is 2.48. The molecule has 0 aliphatic carbocycles. The van der Waals surface area contributed by atoms with E-state index in [1.54, 1.807) is 0 Å². The molecule has 0 N–H and O–H groups in total. The van der Waals surface area contributed by atoms with Gasteiger partial charge < -0.3 is 0 Å². The van der Waals surface area contributed by atoms with Gasteiger partial charge in [-0.05, 0) is 310 Å². The fourth-order valence-electron chi connectivity index (χ4n) is 20.0. The lowest BCUT2D eigenvalue weighted by Crippen LogP contribution is -1.92. The van der Waals surface area contributed by atoms with Gasteiger partial charge in [0.15, 0.2) is 0 Å².